The van der Waals surface area contributed by atoms with Crippen LogP contribution in [0.15, 0.2) is 48.5 Å². The maximum absolute atomic E-state index is 12.4. The van der Waals surface area contributed by atoms with E-state index in [4.69, 9.17) is 4.74 Å². The highest BCUT2D eigenvalue weighted by Crippen LogP contribution is 2.24. The summed E-state index contributed by atoms with van der Waals surface area (Å²) in [6.07, 6.45) is 1.02. The molecule has 31 heavy (non-hydrogen) atoms. The molecule has 3 amide bonds. The lowest BCUT2D eigenvalue weighted by atomic mass is 10.1. The smallest absolute Gasteiger partial charge is 0.261 e. The number of benzene rings is 2. The van der Waals surface area contributed by atoms with Crippen molar-refractivity contribution in [2.24, 2.45) is 0 Å². The van der Waals surface area contributed by atoms with E-state index >= 15 is 0 Å². The van der Waals surface area contributed by atoms with Crippen LogP contribution in [0.2, 0.25) is 0 Å². The SMILES string of the molecule is CC1CN(c2ccc(NC(=O)CCCN3C(=O)c4ccccc4C3=O)cc2)CC(C)O1. The van der Waals surface area contributed by atoms with Gasteiger partial charge in [0.2, 0.25) is 5.91 Å². The molecule has 7 heteroatoms. The van der Waals surface area contributed by atoms with Gasteiger partial charge in [-0.1, -0.05) is 12.1 Å². The molecule has 4 rings (SSSR count). The lowest BCUT2D eigenvalue weighted by Gasteiger charge is -2.36. The van der Waals surface area contributed by atoms with Crippen LogP contribution in [-0.4, -0.2) is 54.5 Å². The van der Waals surface area contributed by atoms with Gasteiger partial charge in [-0.05, 0) is 56.7 Å². The summed E-state index contributed by atoms with van der Waals surface area (Å²) in [5.41, 5.74) is 2.69. The first-order chi connectivity index (χ1) is 14.9. The van der Waals surface area contributed by atoms with Crippen molar-refractivity contribution in [3.63, 3.8) is 0 Å². The van der Waals surface area contributed by atoms with E-state index in [0.29, 0.717) is 17.5 Å². The van der Waals surface area contributed by atoms with Crippen molar-refractivity contribution >= 4 is 29.1 Å². The standard InChI is InChI=1S/C24H27N3O4/c1-16-14-26(15-17(2)31-16)19-11-9-18(10-12-19)25-22(28)8-5-13-27-23(29)20-6-3-4-7-21(20)24(27)30/h3-4,6-7,9-12,16-17H,5,8,13-15H2,1-2H3,(H,25,28). The first-order valence-corrected chi connectivity index (χ1v) is 10.7. The molecule has 1 fully saturated rings. The van der Waals surface area contributed by atoms with Gasteiger partial charge in [-0.2, -0.15) is 0 Å². The van der Waals surface area contributed by atoms with E-state index in [0.717, 1.165) is 24.5 Å². The zero-order chi connectivity index (χ0) is 22.0. The first kappa shape index (κ1) is 21.1. The van der Waals surface area contributed by atoms with Crippen LogP contribution < -0.4 is 10.2 Å². The van der Waals surface area contributed by atoms with Crippen LogP contribution >= 0.6 is 0 Å². The maximum Gasteiger partial charge on any atom is 0.261 e. The summed E-state index contributed by atoms with van der Waals surface area (Å²) in [4.78, 5) is 40.6. The van der Waals surface area contributed by atoms with E-state index in [9.17, 15) is 14.4 Å². The minimum atomic E-state index is -0.289. The molecule has 0 radical (unpaired) electrons. The Kier molecular flexibility index (Phi) is 6.04. The Labute approximate surface area is 182 Å². The fourth-order valence-corrected chi connectivity index (χ4v) is 4.21. The topological polar surface area (TPSA) is 79.0 Å². The predicted octanol–water partition coefficient (Wildman–Crippen LogP) is 3.32. The molecule has 0 aliphatic carbocycles. The first-order valence-electron chi connectivity index (χ1n) is 10.7. The Hall–Kier alpha value is -3.19. The van der Waals surface area contributed by atoms with Crippen molar-refractivity contribution in [2.45, 2.75) is 38.9 Å². The van der Waals surface area contributed by atoms with E-state index < -0.39 is 0 Å². The number of amides is 3. The van der Waals surface area contributed by atoms with Gasteiger partial charge < -0.3 is 15.0 Å². The number of hydrogen-bond acceptors (Lipinski definition) is 5. The highest BCUT2D eigenvalue weighted by Gasteiger charge is 2.34. The summed E-state index contributed by atoms with van der Waals surface area (Å²) in [6, 6.07) is 14.6. The fraction of sp³-hybridized carbons (Fsp3) is 0.375. The predicted molar refractivity (Wildman–Crippen MR) is 118 cm³/mol. The second kappa shape index (κ2) is 8.89. The number of nitrogens with zero attached hydrogens (tertiary/aromatic N) is 2. The van der Waals surface area contributed by atoms with Crippen LogP contribution in [0.3, 0.4) is 0 Å². The number of nitrogens with one attached hydrogen (secondary N) is 1. The average molecular weight is 421 g/mol. The number of ether oxygens (including phenoxy) is 1. The van der Waals surface area contributed by atoms with Crippen molar-refractivity contribution < 1.29 is 19.1 Å². The zero-order valence-electron chi connectivity index (χ0n) is 17.8. The number of carbonyl (C=O) groups excluding carboxylic acids is 3. The van der Waals surface area contributed by atoms with Crippen molar-refractivity contribution in [2.75, 3.05) is 29.9 Å². The Morgan fingerprint density at radius 1 is 0.968 bits per heavy atom. The highest BCUT2D eigenvalue weighted by molar-refractivity contribution is 6.21. The molecule has 2 atom stereocenters. The lowest BCUT2D eigenvalue weighted by molar-refractivity contribution is -0.116. The van der Waals surface area contributed by atoms with Crippen molar-refractivity contribution in [3.05, 3.63) is 59.7 Å². The van der Waals surface area contributed by atoms with Crippen molar-refractivity contribution in [3.8, 4) is 0 Å². The van der Waals surface area contributed by atoms with Gasteiger partial charge in [-0.15, -0.1) is 0 Å². The van der Waals surface area contributed by atoms with E-state index in [2.05, 4.69) is 24.1 Å². The Morgan fingerprint density at radius 2 is 1.55 bits per heavy atom. The van der Waals surface area contributed by atoms with E-state index in [1.807, 2.05) is 24.3 Å². The van der Waals surface area contributed by atoms with Crippen LogP contribution in [0.5, 0.6) is 0 Å². The number of rotatable bonds is 6. The van der Waals surface area contributed by atoms with Gasteiger partial charge in [-0.3, -0.25) is 19.3 Å². The molecule has 2 aliphatic rings. The molecular weight excluding hydrogens is 394 g/mol. The van der Waals surface area contributed by atoms with Gasteiger partial charge >= 0.3 is 0 Å². The number of hydrogen-bond donors (Lipinski definition) is 1. The monoisotopic (exact) mass is 421 g/mol. The quantitative estimate of drug-likeness (QED) is 0.724. The zero-order valence-corrected chi connectivity index (χ0v) is 17.8. The van der Waals surface area contributed by atoms with E-state index in [-0.39, 0.29) is 42.9 Å². The molecule has 0 spiro atoms. The molecule has 0 aromatic heterocycles. The third-order valence-electron chi connectivity index (χ3n) is 5.60. The van der Waals surface area contributed by atoms with Crippen LogP contribution in [0.4, 0.5) is 11.4 Å². The van der Waals surface area contributed by atoms with Gasteiger partial charge in [0.05, 0.1) is 23.3 Å². The molecule has 162 valence electrons. The number of imide groups is 1. The normalized spacial score (nSPS) is 20.7. The third-order valence-corrected chi connectivity index (χ3v) is 5.60. The van der Waals surface area contributed by atoms with Crippen LogP contribution in [0.1, 0.15) is 47.4 Å². The number of fused-ring (bicyclic) bond motifs is 1. The molecule has 0 saturated carbocycles. The number of morpholine rings is 1. The van der Waals surface area contributed by atoms with Crippen molar-refractivity contribution in [1.29, 1.82) is 0 Å². The second-order valence-corrected chi connectivity index (χ2v) is 8.17. The summed E-state index contributed by atoms with van der Waals surface area (Å²) in [5.74, 6) is -0.718. The van der Waals surface area contributed by atoms with E-state index in [1.165, 1.54) is 4.90 Å². The largest absolute Gasteiger partial charge is 0.372 e. The molecule has 2 aliphatic heterocycles. The summed E-state index contributed by atoms with van der Waals surface area (Å²) >= 11 is 0. The Bertz CT molecular complexity index is 944. The summed E-state index contributed by atoms with van der Waals surface area (Å²) in [7, 11) is 0. The molecule has 2 unspecified atom stereocenters. The molecule has 2 aromatic rings. The van der Waals surface area contributed by atoms with Gasteiger partial charge in [-0.25, -0.2) is 0 Å². The van der Waals surface area contributed by atoms with Gasteiger partial charge in [0.15, 0.2) is 0 Å². The molecule has 1 saturated heterocycles. The van der Waals surface area contributed by atoms with Gasteiger partial charge in [0.1, 0.15) is 0 Å². The highest BCUT2D eigenvalue weighted by atomic mass is 16.5. The maximum atomic E-state index is 12.4. The Morgan fingerprint density at radius 3 is 2.13 bits per heavy atom. The van der Waals surface area contributed by atoms with Crippen LogP contribution in [-0.2, 0) is 9.53 Å². The fourth-order valence-electron chi connectivity index (χ4n) is 4.21. The Balaban J connectivity index is 1.26. The molecular formula is C24H27N3O4. The average Bonchev–Trinajstić information content (AvgIpc) is 2.99. The van der Waals surface area contributed by atoms with Crippen LogP contribution in [0, 0.1) is 0 Å². The third kappa shape index (κ3) is 4.61. The summed E-state index contributed by atoms with van der Waals surface area (Å²) < 4.78 is 5.78. The number of carbonyl (C=O) groups is 3. The van der Waals surface area contributed by atoms with Crippen molar-refractivity contribution in [1.82, 2.24) is 4.90 Å². The molecule has 7 nitrogen and oxygen atoms in total. The minimum Gasteiger partial charge on any atom is -0.372 e. The van der Waals surface area contributed by atoms with Gasteiger partial charge in [0, 0.05) is 37.4 Å². The van der Waals surface area contributed by atoms with E-state index in [1.54, 1.807) is 24.3 Å². The molecule has 1 N–H and O–H groups in total. The lowest BCUT2D eigenvalue weighted by Crippen LogP contribution is -2.45. The molecule has 2 heterocycles. The molecule has 0 bridgehead atoms. The second-order valence-electron chi connectivity index (χ2n) is 8.17. The number of anilines is 2. The van der Waals surface area contributed by atoms with Gasteiger partial charge in [0.25, 0.3) is 11.8 Å². The summed E-state index contributed by atoms with van der Waals surface area (Å²) in [6.45, 7) is 6.05. The minimum absolute atomic E-state index is 0.141. The molecule has 2 aromatic carbocycles. The summed E-state index contributed by atoms with van der Waals surface area (Å²) in [5, 5.41) is 2.88. The van der Waals surface area contributed by atoms with Crippen LogP contribution in [0.25, 0.3) is 0 Å².